The van der Waals surface area contributed by atoms with Crippen molar-refractivity contribution in [2.75, 3.05) is 14.2 Å². The Bertz CT molecular complexity index is 1240. The van der Waals surface area contributed by atoms with Crippen LogP contribution < -0.4 is 25.4 Å². The van der Waals surface area contributed by atoms with Gasteiger partial charge in [-0.05, 0) is 0 Å². The minimum absolute atomic E-state index is 0.378. The fourth-order valence-electron chi connectivity index (χ4n) is 4.88. The average Bonchev–Trinajstić information content (AvgIpc) is 3.25. The molecular formula is C28H24BrO4P. The molecule has 0 spiro atoms. The number of esters is 1. The minimum atomic E-state index is -3.60. The van der Waals surface area contributed by atoms with E-state index in [4.69, 9.17) is 14.2 Å². The van der Waals surface area contributed by atoms with Gasteiger partial charge in [-0.3, -0.25) is 0 Å². The monoisotopic (exact) mass is 534 g/mol. The van der Waals surface area contributed by atoms with Crippen LogP contribution in [0.4, 0.5) is 0 Å². The van der Waals surface area contributed by atoms with Gasteiger partial charge in [0.15, 0.2) is 0 Å². The van der Waals surface area contributed by atoms with E-state index in [-0.39, 0.29) is 5.97 Å². The molecule has 1 aliphatic rings. The molecule has 5 rings (SSSR count). The first-order valence-electron chi connectivity index (χ1n) is 10.9. The van der Waals surface area contributed by atoms with Crippen molar-refractivity contribution < 1.29 is 19.0 Å². The molecule has 0 N–H and O–H groups in total. The molecule has 34 heavy (non-hydrogen) atoms. The van der Waals surface area contributed by atoms with E-state index in [1.54, 1.807) is 20.3 Å². The van der Waals surface area contributed by atoms with Crippen LogP contribution >= 0.6 is 20.8 Å². The standard InChI is InChI=1S/C28H24BrO4P/c1-31-25-18-23-24(19-26(25)32-2)28(33-27(23)30)34(29,20-12-6-3-7-13-20,21-14-8-4-9-15-21)22-16-10-5-11-17-22/h3-19,28H,1-2H3. The van der Waals surface area contributed by atoms with Gasteiger partial charge in [0.05, 0.1) is 0 Å². The second-order valence-electron chi connectivity index (χ2n) is 8.13. The summed E-state index contributed by atoms with van der Waals surface area (Å²) in [4.78, 5) is 13.3. The number of rotatable bonds is 6. The Morgan fingerprint density at radius 2 is 1.12 bits per heavy atom. The van der Waals surface area contributed by atoms with Crippen molar-refractivity contribution in [3.8, 4) is 11.5 Å². The van der Waals surface area contributed by atoms with E-state index in [1.807, 2.05) is 60.7 Å². The molecule has 0 fully saturated rings. The van der Waals surface area contributed by atoms with Crippen molar-refractivity contribution in [2.24, 2.45) is 0 Å². The Kier molecular flexibility index (Phi) is 5.71. The molecule has 0 saturated carbocycles. The molecule has 1 atom stereocenters. The summed E-state index contributed by atoms with van der Waals surface area (Å²) < 4.78 is 17.4. The number of carbonyl (C=O) groups is 1. The second kappa shape index (κ2) is 8.57. The zero-order chi connectivity index (χ0) is 23.8. The van der Waals surface area contributed by atoms with E-state index in [0.29, 0.717) is 17.1 Å². The Labute approximate surface area is 207 Å². The van der Waals surface area contributed by atoms with Crippen LogP contribution in [-0.4, -0.2) is 20.2 Å². The fourth-order valence-corrected chi connectivity index (χ4v) is 12.9. The fraction of sp³-hybridized carbons (Fsp3) is 0.107. The molecule has 0 aromatic heterocycles. The van der Waals surface area contributed by atoms with Gasteiger partial charge in [-0.2, -0.15) is 0 Å². The third-order valence-corrected chi connectivity index (χ3v) is 16.5. The van der Waals surface area contributed by atoms with Gasteiger partial charge in [0.25, 0.3) is 0 Å². The topological polar surface area (TPSA) is 44.8 Å². The normalized spacial score (nSPS) is 16.1. The van der Waals surface area contributed by atoms with Gasteiger partial charge in [-0.25, -0.2) is 0 Å². The van der Waals surface area contributed by atoms with Crippen molar-refractivity contribution in [1.29, 1.82) is 0 Å². The van der Waals surface area contributed by atoms with Crippen LogP contribution in [-0.2, 0) is 4.74 Å². The van der Waals surface area contributed by atoms with E-state index < -0.39 is 11.2 Å². The summed E-state index contributed by atoms with van der Waals surface area (Å²) >= 11 is 4.41. The predicted molar refractivity (Wildman–Crippen MR) is 142 cm³/mol. The molecule has 1 aliphatic heterocycles. The molecule has 0 saturated heterocycles. The zero-order valence-corrected chi connectivity index (χ0v) is 21.3. The van der Waals surface area contributed by atoms with Crippen LogP contribution in [0.2, 0.25) is 0 Å². The third kappa shape index (κ3) is 3.11. The summed E-state index contributed by atoms with van der Waals surface area (Å²) in [6.45, 7) is 0. The molecule has 0 bridgehead atoms. The third-order valence-electron chi connectivity index (χ3n) is 6.48. The van der Waals surface area contributed by atoms with Crippen LogP contribution in [0.1, 0.15) is 21.8 Å². The first-order chi connectivity index (χ1) is 16.5. The number of halogens is 1. The summed E-state index contributed by atoms with van der Waals surface area (Å²) in [7, 11) is 3.15. The first-order valence-corrected chi connectivity index (χ1v) is 15.2. The summed E-state index contributed by atoms with van der Waals surface area (Å²) in [6, 6.07) is 34.4. The van der Waals surface area contributed by atoms with Crippen LogP contribution in [0.5, 0.6) is 11.5 Å². The summed E-state index contributed by atoms with van der Waals surface area (Å²) in [5, 5.41) is -0.419. The molecule has 4 nitrogen and oxygen atoms in total. The number of carbonyl (C=O) groups excluding carboxylic acids is 1. The van der Waals surface area contributed by atoms with Gasteiger partial charge in [0.1, 0.15) is 0 Å². The van der Waals surface area contributed by atoms with Crippen molar-refractivity contribution in [3.63, 3.8) is 0 Å². The van der Waals surface area contributed by atoms with Gasteiger partial charge in [0.2, 0.25) is 0 Å². The quantitative estimate of drug-likeness (QED) is 0.234. The Morgan fingerprint density at radius 1 is 0.706 bits per heavy atom. The maximum absolute atomic E-state index is 13.3. The molecule has 172 valence electrons. The Balaban J connectivity index is 1.94. The van der Waals surface area contributed by atoms with Crippen molar-refractivity contribution in [1.82, 2.24) is 0 Å². The molecule has 4 aromatic carbocycles. The Morgan fingerprint density at radius 3 is 1.53 bits per heavy atom. The molecule has 0 radical (unpaired) electrons. The van der Waals surface area contributed by atoms with Crippen LogP contribution in [0.15, 0.2) is 103 Å². The van der Waals surface area contributed by atoms with E-state index in [2.05, 4.69) is 51.9 Å². The summed E-state index contributed by atoms with van der Waals surface area (Å²) in [6.07, 6.45) is 0. The molecule has 1 unspecified atom stereocenters. The van der Waals surface area contributed by atoms with E-state index in [0.717, 1.165) is 21.5 Å². The van der Waals surface area contributed by atoms with Crippen molar-refractivity contribution in [2.45, 2.75) is 5.85 Å². The summed E-state index contributed by atoms with van der Waals surface area (Å²) in [5.41, 5.74) is 1.26. The molecule has 0 aliphatic carbocycles. The maximum atomic E-state index is 13.3. The van der Waals surface area contributed by atoms with Crippen LogP contribution in [0, 0.1) is 0 Å². The van der Waals surface area contributed by atoms with Crippen molar-refractivity contribution in [3.05, 3.63) is 114 Å². The number of hydrogen-bond donors (Lipinski definition) is 0. The van der Waals surface area contributed by atoms with Gasteiger partial charge >= 0.3 is 208 Å². The van der Waals surface area contributed by atoms with Crippen LogP contribution in [0.25, 0.3) is 0 Å². The van der Waals surface area contributed by atoms with E-state index >= 15 is 0 Å². The first kappa shape index (κ1) is 22.6. The van der Waals surface area contributed by atoms with E-state index in [9.17, 15) is 4.79 Å². The number of benzene rings is 4. The predicted octanol–water partition coefficient (Wildman–Crippen LogP) is 5.71. The SMILES string of the molecule is COc1cc2c(cc1OC)C(P(Br)(c1ccccc1)(c1ccccc1)c1ccccc1)OC2=O. The van der Waals surface area contributed by atoms with E-state index in [1.165, 1.54) is 0 Å². The van der Waals surface area contributed by atoms with Gasteiger partial charge in [-0.1, -0.05) is 0 Å². The number of cyclic esters (lactones) is 1. The molecular weight excluding hydrogens is 511 g/mol. The summed E-state index contributed by atoms with van der Waals surface area (Å²) in [5.74, 6) is 0.0573. The van der Waals surface area contributed by atoms with Crippen LogP contribution in [0.3, 0.4) is 0 Å². The number of fused-ring (bicyclic) bond motifs is 1. The molecule has 4 aromatic rings. The van der Waals surface area contributed by atoms with Crippen molar-refractivity contribution >= 4 is 42.7 Å². The van der Waals surface area contributed by atoms with Gasteiger partial charge in [-0.15, -0.1) is 0 Å². The van der Waals surface area contributed by atoms with Gasteiger partial charge < -0.3 is 0 Å². The second-order valence-corrected chi connectivity index (χ2v) is 16.7. The number of ether oxygens (including phenoxy) is 3. The number of methoxy groups -OCH3 is 2. The average molecular weight is 535 g/mol. The Hall–Kier alpha value is -3.14. The number of hydrogen-bond acceptors (Lipinski definition) is 4. The molecule has 1 heterocycles. The molecule has 6 heteroatoms. The van der Waals surface area contributed by atoms with Gasteiger partial charge in [0, 0.05) is 0 Å². The molecule has 0 amide bonds. The zero-order valence-electron chi connectivity index (χ0n) is 18.9.